The lowest BCUT2D eigenvalue weighted by molar-refractivity contribution is -2.00. The SMILES string of the molecule is Cc1c2[s+]c(-c3ccccc3)c(=O)n-2c2ccccc2n1C.[O-][Cl+3]([O-])([O-])[O-]. The molecule has 2 heterocycles. The molecule has 0 fully saturated rings. The van der Waals surface area contributed by atoms with E-state index in [0.29, 0.717) is 0 Å². The maximum absolute atomic E-state index is 13.0. The van der Waals surface area contributed by atoms with Crippen LogP contribution in [0, 0.1) is 17.2 Å². The average Bonchev–Trinajstić information content (AvgIpc) is 2.97. The van der Waals surface area contributed by atoms with Gasteiger partial charge < -0.3 is 4.57 Å². The van der Waals surface area contributed by atoms with Gasteiger partial charge in [0.1, 0.15) is 5.69 Å². The van der Waals surface area contributed by atoms with Crippen molar-refractivity contribution >= 4 is 22.4 Å². The Hall–Kier alpha value is -2.33. The molecule has 2 aliphatic rings. The summed E-state index contributed by atoms with van der Waals surface area (Å²) in [6.07, 6.45) is 0. The predicted molar refractivity (Wildman–Crippen MR) is 92.2 cm³/mol. The Morgan fingerprint density at radius 1 is 0.889 bits per heavy atom. The minimum absolute atomic E-state index is 0.0612. The third-order valence-electron chi connectivity index (χ3n) is 4.13. The van der Waals surface area contributed by atoms with E-state index in [1.165, 1.54) is 0 Å². The van der Waals surface area contributed by atoms with Gasteiger partial charge in [0.25, 0.3) is 11.3 Å². The van der Waals surface area contributed by atoms with Crippen LogP contribution >= 0.6 is 11.3 Å². The highest BCUT2D eigenvalue weighted by atomic mass is 35.7. The third-order valence-corrected chi connectivity index (χ3v) is 5.42. The van der Waals surface area contributed by atoms with Gasteiger partial charge in [-0.1, -0.05) is 30.3 Å². The summed E-state index contributed by atoms with van der Waals surface area (Å²) in [5.41, 5.74) is 4.16. The summed E-state index contributed by atoms with van der Waals surface area (Å²) in [5.74, 6) is 0. The van der Waals surface area contributed by atoms with Crippen LogP contribution in [0.25, 0.3) is 26.5 Å². The third kappa shape index (κ3) is 4.01. The molecule has 2 aromatic carbocycles. The van der Waals surface area contributed by atoms with Crippen molar-refractivity contribution in [3.63, 3.8) is 0 Å². The summed E-state index contributed by atoms with van der Waals surface area (Å²) in [6, 6.07) is 17.9. The van der Waals surface area contributed by atoms with Crippen LogP contribution < -0.4 is 24.2 Å². The number of fused-ring (bicyclic) bond motifs is 3. The van der Waals surface area contributed by atoms with E-state index >= 15 is 0 Å². The topological polar surface area (TPSA) is 119 Å². The molecule has 2 aromatic rings. The van der Waals surface area contributed by atoms with E-state index in [2.05, 4.69) is 11.5 Å². The first-order valence-electron chi connectivity index (χ1n) is 7.78. The Labute approximate surface area is 160 Å². The maximum atomic E-state index is 13.0. The second-order valence-corrected chi connectivity index (χ2v) is 7.51. The molecular formula is C18H15ClN2O5S. The highest BCUT2D eigenvalue weighted by Crippen LogP contribution is 2.32. The normalized spacial score (nSPS) is 11.5. The van der Waals surface area contributed by atoms with Gasteiger partial charge in [0.2, 0.25) is 0 Å². The first-order valence-corrected chi connectivity index (χ1v) is 9.83. The minimum Gasteiger partial charge on any atom is -0.341 e. The number of aromatic nitrogens is 2. The van der Waals surface area contributed by atoms with Crippen molar-refractivity contribution in [1.82, 2.24) is 9.13 Å². The van der Waals surface area contributed by atoms with Crippen LogP contribution in [0.1, 0.15) is 5.69 Å². The molecule has 9 heteroatoms. The Balaban J connectivity index is 0.000000376. The number of nitrogens with zero attached hydrogens (tertiary/aromatic N) is 2. The molecule has 0 N–H and O–H groups in total. The van der Waals surface area contributed by atoms with E-state index in [1.807, 2.05) is 66.2 Å². The van der Waals surface area contributed by atoms with Gasteiger partial charge in [0.15, 0.2) is 0 Å². The van der Waals surface area contributed by atoms with Crippen LogP contribution in [-0.4, -0.2) is 9.13 Å². The summed E-state index contributed by atoms with van der Waals surface area (Å²) in [5, 5.41) is 1.00. The summed E-state index contributed by atoms with van der Waals surface area (Å²) >= 11 is 1.56. The van der Waals surface area contributed by atoms with E-state index in [9.17, 15) is 4.79 Å². The van der Waals surface area contributed by atoms with Crippen LogP contribution in [0.2, 0.25) is 0 Å². The Morgan fingerprint density at radius 3 is 2.00 bits per heavy atom. The quantitative estimate of drug-likeness (QED) is 0.388. The van der Waals surface area contributed by atoms with Gasteiger partial charge in [0.05, 0.1) is 11.0 Å². The summed E-state index contributed by atoms with van der Waals surface area (Å²) in [7, 11) is -2.90. The lowest BCUT2D eigenvalue weighted by Gasteiger charge is -2.17. The van der Waals surface area contributed by atoms with E-state index in [4.69, 9.17) is 18.6 Å². The highest BCUT2D eigenvalue weighted by molar-refractivity contribution is 7.18. The standard InChI is InChI=1S/C18H15N2OS.ClHO4/c1-12-18-20(15-11-7-6-10-14(15)19(12)2)17(21)16(22-18)13-8-4-3-5-9-13;2-1(3,4)5/h3-11H,1-2H3;(H,2,3,4,5)/q+1;/p-1. The Kier molecular flexibility index (Phi) is 5.29. The molecular weight excluding hydrogens is 392 g/mol. The molecule has 0 bridgehead atoms. The Bertz CT molecular complexity index is 1110. The smallest absolute Gasteiger partial charge is 0.332 e. The lowest BCUT2D eigenvalue weighted by atomic mass is 10.2. The maximum Gasteiger partial charge on any atom is 0.332 e. The second-order valence-electron chi connectivity index (χ2n) is 5.75. The first kappa shape index (κ1) is 19.4. The number of benzene rings is 2. The van der Waals surface area contributed by atoms with Crippen molar-refractivity contribution in [2.45, 2.75) is 6.92 Å². The average molecular weight is 407 g/mol. The molecule has 0 spiro atoms. The van der Waals surface area contributed by atoms with Crippen LogP contribution in [0.15, 0.2) is 59.4 Å². The van der Waals surface area contributed by atoms with E-state index in [1.54, 1.807) is 11.3 Å². The molecule has 0 atom stereocenters. The minimum atomic E-state index is -4.94. The number of rotatable bonds is 1. The van der Waals surface area contributed by atoms with Crippen LogP contribution in [-0.2, 0) is 7.05 Å². The van der Waals surface area contributed by atoms with Gasteiger partial charge in [-0.05, 0) is 31.2 Å². The molecule has 140 valence electrons. The molecule has 0 amide bonds. The number of aryl methyl sites for hydroxylation is 1. The number of hydrogen-bond acceptors (Lipinski definition) is 5. The zero-order valence-corrected chi connectivity index (χ0v) is 16.0. The van der Waals surface area contributed by atoms with Gasteiger partial charge in [-0.25, -0.2) is 23.2 Å². The van der Waals surface area contributed by atoms with Gasteiger partial charge in [0, 0.05) is 12.6 Å². The van der Waals surface area contributed by atoms with E-state index in [0.717, 1.165) is 32.2 Å². The first-order chi connectivity index (χ1) is 12.7. The lowest BCUT2D eigenvalue weighted by Crippen LogP contribution is -2.68. The summed E-state index contributed by atoms with van der Waals surface area (Å²) in [4.78, 5) is 13.8. The van der Waals surface area contributed by atoms with Crippen LogP contribution in [0.3, 0.4) is 0 Å². The largest absolute Gasteiger partial charge is 0.341 e. The van der Waals surface area contributed by atoms with Gasteiger partial charge in [-0.3, -0.25) is 4.79 Å². The fraction of sp³-hybridized carbons (Fsp3) is 0.111. The number of hydrogen-bond donors (Lipinski definition) is 0. The molecule has 0 aromatic heterocycles. The predicted octanol–water partition coefficient (Wildman–Crippen LogP) is -0.671. The van der Waals surface area contributed by atoms with Crippen molar-refractivity contribution in [2.75, 3.05) is 0 Å². The van der Waals surface area contributed by atoms with Gasteiger partial charge >= 0.3 is 15.4 Å². The van der Waals surface area contributed by atoms with Crippen LogP contribution in [0.5, 0.6) is 0 Å². The molecule has 4 rings (SSSR count). The molecule has 0 saturated carbocycles. The fourth-order valence-electron chi connectivity index (χ4n) is 2.87. The van der Waals surface area contributed by atoms with Crippen molar-refractivity contribution in [2.24, 2.45) is 7.05 Å². The number of thiazole rings is 1. The Morgan fingerprint density at radius 2 is 1.41 bits per heavy atom. The molecule has 27 heavy (non-hydrogen) atoms. The summed E-state index contributed by atoms with van der Waals surface area (Å²) in [6.45, 7) is 2.06. The molecule has 0 unspecified atom stereocenters. The highest BCUT2D eigenvalue weighted by Gasteiger charge is 2.32. The van der Waals surface area contributed by atoms with Crippen molar-refractivity contribution < 1.29 is 28.9 Å². The molecule has 0 radical (unpaired) electrons. The number of para-hydroxylation sites is 2. The van der Waals surface area contributed by atoms with E-state index < -0.39 is 10.2 Å². The fourth-order valence-corrected chi connectivity index (χ4v) is 4.05. The van der Waals surface area contributed by atoms with Crippen molar-refractivity contribution in [1.29, 1.82) is 0 Å². The molecule has 7 nitrogen and oxygen atoms in total. The monoisotopic (exact) mass is 406 g/mol. The molecule has 0 saturated heterocycles. The van der Waals surface area contributed by atoms with Gasteiger partial charge in [-0.2, -0.15) is 0 Å². The van der Waals surface area contributed by atoms with E-state index in [-0.39, 0.29) is 5.56 Å². The second kappa shape index (κ2) is 7.35. The van der Waals surface area contributed by atoms with Crippen molar-refractivity contribution in [3.05, 3.63) is 70.6 Å². The van der Waals surface area contributed by atoms with Crippen molar-refractivity contribution in [3.8, 4) is 15.4 Å². The molecule has 2 aliphatic heterocycles. The zero-order valence-electron chi connectivity index (χ0n) is 14.4. The van der Waals surface area contributed by atoms with Crippen LogP contribution in [0.4, 0.5) is 0 Å². The zero-order chi connectivity index (χ0) is 19.8. The van der Waals surface area contributed by atoms with Gasteiger partial charge in [-0.15, -0.1) is 10.2 Å². The number of halogens is 1. The summed E-state index contributed by atoms with van der Waals surface area (Å²) < 4.78 is 38.0. The molecule has 0 aliphatic carbocycles.